The van der Waals surface area contributed by atoms with Gasteiger partial charge in [0.15, 0.2) is 0 Å². The molecule has 0 saturated carbocycles. The first kappa shape index (κ1) is 12.4. The molecule has 18 heavy (non-hydrogen) atoms. The number of rotatable bonds is 6. The number of ether oxygens (including phenoxy) is 1. The van der Waals surface area contributed by atoms with E-state index >= 15 is 0 Å². The van der Waals surface area contributed by atoms with E-state index in [2.05, 4.69) is 10.3 Å². The molecule has 0 unspecified atom stereocenters. The van der Waals surface area contributed by atoms with Crippen LogP contribution in [-0.2, 0) is 6.54 Å². The SMILES string of the molecule is OCCOc1ccc(NCc2cccnc2)cc1. The number of nitrogens with zero attached hydrogens (tertiary/aromatic N) is 1. The number of aliphatic hydroxyl groups excluding tert-OH is 1. The summed E-state index contributed by atoms with van der Waals surface area (Å²) in [5.41, 5.74) is 2.16. The van der Waals surface area contributed by atoms with Crippen molar-refractivity contribution in [2.24, 2.45) is 0 Å². The van der Waals surface area contributed by atoms with Crippen molar-refractivity contribution >= 4 is 5.69 Å². The fraction of sp³-hybridized carbons (Fsp3) is 0.214. The molecule has 0 aliphatic rings. The summed E-state index contributed by atoms with van der Waals surface area (Å²) < 4.78 is 5.29. The second-order valence-corrected chi connectivity index (χ2v) is 3.81. The minimum absolute atomic E-state index is 0.0288. The molecule has 0 saturated heterocycles. The van der Waals surface area contributed by atoms with Gasteiger partial charge in [-0.1, -0.05) is 6.07 Å². The van der Waals surface area contributed by atoms with E-state index in [-0.39, 0.29) is 6.61 Å². The van der Waals surface area contributed by atoms with Crippen LogP contribution in [-0.4, -0.2) is 23.3 Å². The van der Waals surface area contributed by atoms with E-state index < -0.39 is 0 Å². The maximum absolute atomic E-state index is 8.65. The molecule has 0 atom stereocenters. The molecule has 0 aliphatic heterocycles. The number of benzene rings is 1. The molecule has 0 bridgehead atoms. The lowest BCUT2D eigenvalue weighted by molar-refractivity contribution is 0.201. The highest BCUT2D eigenvalue weighted by Gasteiger charge is 1.96. The number of anilines is 1. The zero-order valence-corrected chi connectivity index (χ0v) is 10.0. The highest BCUT2D eigenvalue weighted by Crippen LogP contribution is 2.16. The molecule has 4 heteroatoms. The third-order valence-electron chi connectivity index (χ3n) is 2.43. The number of aromatic nitrogens is 1. The van der Waals surface area contributed by atoms with E-state index in [1.165, 1.54) is 0 Å². The summed E-state index contributed by atoms with van der Waals surface area (Å²) in [6.07, 6.45) is 3.60. The fourth-order valence-corrected chi connectivity index (χ4v) is 1.54. The Labute approximate surface area is 106 Å². The van der Waals surface area contributed by atoms with Crippen molar-refractivity contribution in [2.45, 2.75) is 6.54 Å². The molecular formula is C14H16N2O2. The molecule has 1 heterocycles. The second-order valence-electron chi connectivity index (χ2n) is 3.81. The molecule has 0 radical (unpaired) electrons. The molecule has 0 amide bonds. The zero-order chi connectivity index (χ0) is 12.6. The van der Waals surface area contributed by atoms with Gasteiger partial charge in [-0.05, 0) is 35.9 Å². The van der Waals surface area contributed by atoms with E-state index in [9.17, 15) is 0 Å². The van der Waals surface area contributed by atoms with Gasteiger partial charge in [0.05, 0.1) is 6.61 Å². The van der Waals surface area contributed by atoms with Crippen molar-refractivity contribution in [1.82, 2.24) is 4.98 Å². The Morgan fingerprint density at radius 2 is 2.00 bits per heavy atom. The predicted octanol–water partition coefficient (Wildman–Crippen LogP) is 2.06. The Morgan fingerprint density at radius 3 is 2.67 bits per heavy atom. The van der Waals surface area contributed by atoms with Crippen LogP contribution in [0.3, 0.4) is 0 Å². The number of hydrogen-bond acceptors (Lipinski definition) is 4. The highest BCUT2D eigenvalue weighted by atomic mass is 16.5. The highest BCUT2D eigenvalue weighted by molar-refractivity contribution is 5.46. The average Bonchev–Trinajstić information content (AvgIpc) is 2.45. The molecule has 94 valence electrons. The summed E-state index contributed by atoms with van der Waals surface area (Å²) in [6.45, 7) is 1.09. The van der Waals surface area contributed by atoms with Crippen molar-refractivity contribution in [1.29, 1.82) is 0 Å². The molecule has 2 rings (SSSR count). The second kappa shape index (κ2) is 6.61. The first-order valence-corrected chi connectivity index (χ1v) is 5.85. The topological polar surface area (TPSA) is 54.4 Å². The van der Waals surface area contributed by atoms with Crippen LogP contribution < -0.4 is 10.1 Å². The summed E-state index contributed by atoms with van der Waals surface area (Å²) in [5, 5.41) is 11.9. The molecule has 0 aliphatic carbocycles. The van der Waals surface area contributed by atoms with Gasteiger partial charge in [0.1, 0.15) is 12.4 Å². The quantitative estimate of drug-likeness (QED) is 0.816. The summed E-state index contributed by atoms with van der Waals surface area (Å²) in [7, 11) is 0. The van der Waals surface area contributed by atoms with Crippen molar-refractivity contribution in [3.63, 3.8) is 0 Å². The lowest BCUT2D eigenvalue weighted by Crippen LogP contribution is -2.02. The molecular weight excluding hydrogens is 228 g/mol. The van der Waals surface area contributed by atoms with Gasteiger partial charge in [0.25, 0.3) is 0 Å². The Balaban J connectivity index is 1.86. The number of pyridine rings is 1. The van der Waals surface area contributed by atoms with E-state index in [1.54, 1.807) is 6.20 Å². The summed E-state index contributed by atoms with van der Waals surface area (Å²) in [4.78, 5) is 4.06. The van der Waals surface area contributed by atoms with E-state index in [4.69, 9.17) is 9.84 Å². The Kier molecular flexibility index (Phi) is 4.55. The molecule has 4 nitrogen and oxygen atoms in total. The molecule has 0 spiro atoms. The summed E-state index contributed by atoms with van der Waals surface area (Å²) in [5.74, 6) is 0.760. The summed E-state index contributed by atoms with van der Waals surface area (Å²) in [6, 6.07) is 11.6. The molecule has 1 aromatic heterocycles. The third-order valence-corrected chi connectivity index (χ3v) is 2.43. The van der Waals surface area contributed by atoms with Crippen LogP contribution in [0.5, 0.6) is 5.75 Å². The van der Waals surface area contributed by atoms with Crippen LogP contribution in [0.25, 0.3) is 0 Å². The van der Waals surface area contributed by atoms with Crippen LogP contribution in [0.15, 0.2) is 48.8 Å². The molecule has 2 N–H and O–H groups in total. The van der Waals surface area contributed by atoms with Gasteiger partial charge < -0.3 is 15.2 Å². The minimum atomic E-state index is 0.0288. The summed E-state index contributed by atoms with van der Waals surface area (Å²) >= 11 is 0. The van der Waals surface area contributed by atoms with Gasteiger partial charge in [-0.25, -0.2) is 0 Å². The first-order valence-electron chi connectivity index (χ1n) is 5.85. The van der Waals surface area contributed by atoms with Crippen LogP contribution in [0.2, 0.25) is 0 Å². The average molecular weight is 244 g/mol. The van der Waals surface area contributed by atoms with Crippen molar-refractivity contribution in [3.05, 3.63) is 54.4 Å². The predicted molar refractivity (Wildman–Crippen MR) is 70.6 cm³/mol. The molecule has 0 fully saturated rings. The van der Waals surface area contributed by atoms with Crippen LogP contribution in [0.4, 0.5) is 5.69 Å². The van der Waals surface area contributed by atoms with Crippen molar-refractivity contribution in [2.75, 3.05) is 18.5 Å². The largest absolute Gasteiger partial charge is 0.491 e. The number of nitrogens with one attached hydrogen (secondary N) is 1. The van der Waals surface area contributed by atoms with Gasteiger partial charge in [-0.2, -0.15) is 0 Å². The lowest BCUT2D eigenvalue weighted by Gasteiger charge is -2.08. The van der Waals surface area contributed by atoms with Gasteiger partial charge in [0, 0.05) is 24.6 Å². The van der Waals surface area contributed by atoms with Crippen molar-refractivity contribution in [3.8, 4) is 5.75 Å². The standard InChI is InChI=1S/C14H16N2O2/c17-8-9-18-14-5-3-13(4-6-14)16-11-12-2-1-7-15-10-12/h1-7,10,16-17H,8-9,11H2. The Hall–Kier alpha value is -2.07. The fourth-order valence-electron chi connectivity index (χ4n) is 1.54. The Morgan fingerprint density at radius 1 is 1.17 bits per heavy atom. The molecule has 1 aromatic carbocycles. The van der Waals surface area contributed by atoms with Crippen molar-refractivity contribution < 1.29 is 9.84 Å². The maximum Gasteiger partial charge on any atom is 0.119 e. The van der Waals surface area contributed by atoms with Gasteiger partial charge >= 0.3 is 0 Å². The van der Waals surface area contributed by atoms with Crippen LogP contribution in [0.1, 0.15) is 5.56 Å². The van der Waals surface area contributed by atoms with Crippen LogP contribution in [0, 0.1) is 0 Å². The lowest BCUT2D eigenvalue weighted by atomic mass is 10.2. The van der Waals surface area contributed by atoms with Gasteiger partial charge in [-0.3, -0.25) is 4.98 Å². The number of aliphatic hydroxyl groups is 1. The van der Waals surface area contributed by atoms with Gasteiger partial charge in [0.2, 0.25) is 0 Å². The Bertz CT molecular complexity index is 457. The zero-order valence-electron chi connectivity index (χ0n) is 10.0. The minimum Gasteiger partial charge on any atom is -0.491 e. The maximum atomic E-state index is 8.65. The van der Waals surface area contributed by atoms with E-state index in [0.717, 1.165) is 23.5 Å². The third kappa shape index (κ3) is 3.75. The first-order chi connectivity index (χ1) is 8.88. The van der Waals surface area contributed by atoms with E-state index in [1.807, 2.05) is 42.6 Å². The van der Waals surface area contributed by atoms with Gasteiger partial charge in [-0.15, -0.1) is 0 Å². The van der Waals surface area contributed by atoms with E-state index in [0.29, 0.717) is 6.61 Å². The normalized spacial score (nSPS) is 10.1. The monoisotopic (exact) mass is 244 g/mol. The molecule has 2 aromatic rings. The van der Waals surface area contributed by atoms with Crippen LogP contribution >= 0.6 is 0 Å². The number of hydrogen-bond donors (Lipinski definition) is 2. The smallest absolute Gasteiger partial charge is 0.119 e.